The molecule has 0 aliphatic heterocycles. The van der Waals surface area contributed by atoms with Crippen molar-refractivity contribution in [1.29, 1.82) is 0 Å². The van der Waals surface area contributed by atoms with Gasteiger partial charge in [0.15, 0.2) is 0 Å². The van der Waals surface area contributed by atoms with E-state index in [4.69, 9.17) is 5.11 Å². The minimum absolute atomic E-state index is 0.158. The lowest BCUT2D eigenvalue weighted by Gasteiger charge is -2.10. The van der Waals surface area contributed by atoms with Gasteiger partial charge in [-0.05, 0) is 47.9 Å². The third-order valence-corrected chi connectivity index (χ3v) is 3.88. The van der Waals surface area contributed by atoms with E-state index in [-0.39, 0.29) is 12.0 Å². The van der Waals surface area contributed by atoms with Crippen LogP contribution in [-0.4, -0.2) is 21.8 Å². The summed E-state index contributed by atoms with van der Waals surface area (Å²) in [7, 11) is 0. The highest BCUT2D eigenvalue weighted by Crippen LogP contribution is 2.32. The molecule has 0 spiro atoms. The van der Waals surface area contributed by atoms with E-state index in [9.17, 15) is 18.0 Å². The molecule has 6 heteroatoms. The Labute approximate surface area is 142 Å². The molecule has 0 unspecified atom stereocenters. The fourth-order valence-corrected chi connectivity index (χ4v) is 2.54. The molecule has 1 aliphatic rings. The first-order chi connectivity index (χ1) is 11.8. The van der Waals surface area contributed by atoms with Crippen LogP contribution in [0, 0.1) is 0 Å². The van der Waals surface area contributed by atoms with Crippen molar-refractivity contribution in [2.45, 2.75) is 12.6 Å². The second-order valence-electron chi connectivity index (χ2n) is 5.58. The summed E-state index contributed by atoms with van der Waals surface area (Å²) in [5, 5.41) is 8.92. The van der Waals surface area contributed by atoms with Crippen LogP contribution in [0.5, 0.6) is 0 Å². The second-order valence-corrected chi connectivity index (χ2v) is 5.58. The summed E-state index contributed by atoms with van der Waals surface area (Å²) >= 11 is 0. The van der Waals surface area contributed by atoms with Crippen LogP contribution in [0.2, 0.25) is 0 Å². The van der Waals surface area contributed by atoms with Gasteiger partial charge in [0.25, 0.3) is 0 Å². The Hall–Kier alpha value is -3.02. The second kappa shape index (κ2) is 6.47. The van der Waals surface area contributed by atoms with Crippen LogP contribution in [0.15, 0.2) is 72.6 Å². The predicted molar refractivity (Wildman–Crippen MR) is 89.0 cm³/mol. The van der Waals surface area contributed by atoms with E-state index in [1.165, 1.54) is 18.2 Å². The molecule has 3 rings (SSSR count). The van der Waals surface area contributed by atoms with Crippen molar-refractivity contribution in [2.75, 3.05) is 0 Å². The van der Waals surface area contributed by atoms with Crippen molar-refractivity contribution in [2.24, 2.45) is 0 Å². The van der Waals surface area contributed by atoms with Crippen molar-refractivity contribution < 1.29 is 23.1 Å². The van der Waals surface area contributed by atoms with E-state index in [1.807, 2.05) is 0 Å². The Kier molecular flexibility index (Phi) is 4.35. The number of aromatic nitrogens is 1. The molecule has 1 aliphatic carbocycles. The fourth-order valence-electron chi connectivity index (χ4n) is 2.54. The molecule has 0 radical (unpaired) electrons. The number of aromatic carboxylic acids is 1. The Morgan fingerprint density at radius 2 is 1.80 bits per heavy atom. The Morgan fingerprint density at radius 3 is 2.44 bits per heavy atom. The first-order valence-electron chi connectivity index (χ1n) is 7.51. The van der Waals surface area contributed by atoms with E-state index in [2.05, 4.69) is 0 Å². The lowest BCUT2D eigenvalue weighted by molar-refractivity contribution is -0.0928. The number of carbonyl (C=O) groups is 1. The van der Waals surface area contributed by atoms with E-state index in [1.54, 1.807) is 47.3 Å². The van der Waals surface area contributed by atoms with Crippen molar-refractivity contribution in [3.8, 4) is 11.1 Å². The summed E-state index contributed by atoms with van der Waals surface area (Å²) in [4.78, 5) is 10.9. The minimum Gasteiger partial charge on any atom is -0.478 e. The SMILES string of the molecule is O=C(O)c1ccc(-c2ccn(C3=CC=CCC(C(F)(F)F)=C3)c2)cc1. The van der Waals surface area contributed by atoms with Gasteiger partial charge in [-0.1, -0.05) is 24.3 Å². The number of alkyl halides is 3. The zero-order valence-electron chi connectivity index (χ0n) is 13.0. The predicted octanol–water partition coefficient (Wildman–Crippen LogP) is 5.14. The summed E-state index contributed by atoms with van der Waals surface area (Å²) in [6.45, 7) is 0. The molecule has 1 aromatic carbocycles. The smallest absolute Gasteiger partial charge is 0.413 e. The highest BCUT2D eigenvalue weighted by atomic mass is 19.4. The molecule has 0 atom stereocenters. The molecule has 3 nitrogen and oxygen atoms in total. The summed E-state index contributed by atoms with van der Waals surface area (Å²) < 4.78 is 40.6. The lowest BCUT2D eigenvalue weighted by Crippen LogP contribution is -2.11. The van der Waals surface area contributed by atoms with Gasteiger partial charge in [-0.3, -0.25) is 0 Å². The molecular formula is C19H14F3NO2. The number of hydrogen-bond donors (Lipinski definition) is 1. The highest BCUT2D eigenvalue weighted by Gasteiger charge is 2.33. The van der Waals surface area contributed by atoms with Crippen LogP contribution in [-0.2, 0) is 0 Å². The van der Waals surface area contributed by atoms with Gasteiger partial charge in [0, 0.05) is 23.7 Å². The number of rotatable bonds is 3. The first-order valence-corrected chi connectivity index (χ1v) is 7.51. The maximum absolute atomic E-state index is 13.0. The molecule has 128 valence electrons. The van der Waals surface area contributed by atoms with Gasteiger partial charge in [-0.15, -0.1) is 0 Å². The van der Waals surface area contributed by atoms with Gasteiger partial charge in [0.1, 0.15) is 0 Å². The standard InChI is InChI=1S/C19H14F3NO2/c20-19(21,22)16-3-1-2-4-17(11-16)23-10-9-15(12-23)13-5-7-14(8-6-13)18(24)25/h1-2,4-12H,3H2,(H,24,25). The molecular weight excluding hydrogens is 331 g/mol. The highest BCUT2D eigenvalue weighted by molar-refractivity contribution is 5.88. The third kappa shape index (κ3) is 3.74. The largest absolute Gasteiger partial charge is 0.478 e. The molecule has 0 amide bonds. The van der Waals surface area contributed by atoms with Gasteiger partial charge in [-0.25, -0.2) is 4.79 Å². The topological polar surface area (TPSA) is 42.2 Å². The van der Waals surface area contributed by atoms with Gasteiger partial charge in [0.05, 0.1) is 5.56 Å². The molecule has 25 heavy (non-hydrogen) atoms. The quantitative estimate of drug-likeness (QED) is 0.837. The molecule has 0 fully saturated rings. The normalized spacial score (nSPS) is 14.7. The molecule has 0 bridgehead atoms. The fraction of sp³-hybridized carbons (Fsp3) is 0.105. The molecule has 1 N–H and O–H groups in total. The number of nitrogens with zero attached hydrogens (tertiary/aromatic N) is 1. The number of halogens is 3. The first kappa shape index (κ1) is 16.8. The van der Waals surface area contributed by atoms with Gasteiger partial charge in [-0.2, -0.15) is 13.2 Å². The Morgan fingerprint density at radius 1 is 1.08 bits per heavy atom. The van der Waals surface area contributed by atoms with Crippen molar-refractivity contribution in [1.82, 2.24) is 4.57 Å². The van der Waals surface area contributed by atoms with Crippen LogP contribution in [0.25, 0.3) is 16.8 Å². The van der Waals surface area contributed by atoms with Crippen LogP contribution in [0.3, 0.4) is 0 Å². The minimum atomic E-state index is -4.36. The summed E-state index contributed by atoms with van der Waals surface area (Å²) in [5.41, 5.74) is 1.56. The number of carboxylic acid groups (broad SMARTS) is 1. The maximum atomic E-state index is 13.0. The van der Waals surface area contributed by atoms with Crippen molar-refractivity contribution in [3.63, 3.8) is 0 Å². The van der Waals surface area contributed by atoms with Crippen LogP contribution >= 0.6 is 0 Å². The van der Waals surface area contributed by atoms with Crippen LogP contribution < -0.4 is 0 Å². The van der Waals surface area contributed by atoms with Crippen LogP contribution in [0.4, 0.5) is 13.2 Å². The van der Waals surface area contributed by atoms with Gasteiger partial charge < -0.3 is 9.67 Å². The zero-order chi connectivity index (χ0) is 18.0. The van der Waals surface area contributed by atoms with E-state index in [0.717, 1.165) is 17.2 Å². The summed E-state index contributed by atoms with van der Waals surface area (Å²) in [6.07, 6.45) is 4.70. The maximum Gasteiger partial charge on any atom is 0.413 e. The number of carboxylic acids is 1. The van der Waals surface area contributed by atoms with Crippen molar-refractivity contribution in [3.05, 3.63) is 78.2 Å². The third-order valence-electron chi connectivity index (χ3n) is 3.88. The van der Waals surface area contributed by atoms with Gasteiger partial charge >= 0.3 is 12.1 Å². The average Bonchev–Trinajstić information content (AvgIpc) is 2.91. The summed E-state index contributed by atoms with van der Waals surface area (Å²) in [5.74, 6) is -1.01. The summed E-state index contributed by atoms with van der Waals surface area (Å²) in [6, 6.07) is 8.09. The zero-order valence-corrected chi connectivity index (χ0v) is 13.0. The average molecular weight is 345 g/mol. The molecule has 0 saturated carbocycles. The van der Waals surface area contributed by atoms with Crippen molar-refractivity contribution >= 4 is 11.7 Å². The lowest BCUT2D eigenvalue weighted by atomic mass is 10.1. The van der Waals surface area contributed by atoms with E-state index in [0.29, 0.717) is 5.70 Å². The molecule has 0 saturated heterocycles. The van der Waals surface area contributed by atoms with Gasteiger partial charge in [0.2, 0.25) is 0 Å². The molecule has 2 aromatic rings. The van der Waals surface area contributed by atoms with E-state index >= 15 is 0 Å². The number of benzene rings is 1. The van der Waals surface area contributed by atoms with Crippen LogP contribution in [0.1, 0.15) is 16.8 Å². The number of hydrogen-bond acceptors (Lipinski definition) is 1. The Bertz CT molecular complexity index is 884. The molecule has 1 aromatic heterocycles. The monoisotopic (exact) mass is 345 g/mol. The molecule has 1 heterocycles. The Balaban J connectivity index is 1.91. The van der Waals surface area contributed by atoms with E-state index < -0.39 is 17.7 Å². The number of allylic oxidation sites excluding steroid dienone is 6.